The van der Waals surface area contributed by atoms with Crippen LogP contribution in [0.15, 0.2) is 36.4 Å². The van der Waals surface area contributed by atoms with Crippen molar-refractivity contribution >= 4 is 12.0 Å². The highest BCUT2D eigenvalue weighted by atomic mass is 16.7. The molecule has 1 aliphatic heterocycles. The third-order valence-electron chi connectivity index (χ3n) is 10.1. The van der Waals surface area contributed by atoms with Crippen molar-refractivity contribution in [3.05, 3.63) is 58.7 Å². The average molecular weight is 789 g/mol. The quantitative estimate of drug-likeness (QED) is 0.0859. The average Bonchev–Trinajstić information content (AvgIpc) is 3.21. The standard InChI is InChI=1S/C39H48O17/c1-48-23-9-18(10-24(49-2)32(23)42)7-8-29(41)54-17-28-34(44)36(46)37(47)39(56-28)55-16-22-21(15-40)11-19-12-27(52-5)35(45)38(53-6)31(19)30(22)20-13-25(50-3)33(43)26(14-20)51-4/h7-10,12-14,21-22,28,30,34,36-37,39-40,42-47H,11,15-17H2,1-6H3/b8-7+/t21-,22-,28+,30+,34+,36-,37+,39+/m0/s1. The van der Waals surface area contributed by atoms with Crippen LogP contribution < -0.4 is 28.4 Å². The van der Waals surface area contributed by atoms with Gasteiger partial charge in [-0.1, -0.05) is 0 Å². The Labute approximate surface area is 322 Å². The third-order valence-corrected chi connectivity index (χ3v) is 10.1. The Morgan fingerprint density at radius 2 is 1.29 bits per heavy atom. The molecule has 0 spiro atoms. The molecule has 17 nitrogen and oxygen atoms in total. The van der Waals surface area contributed by atoms with Gasteiger partial charge in [-0.15, -0.1) is 0 Å². The summed E-state index contributed by atoms with van der Waals surface area (Å²) in [7, 11) is 8.25. The van der Waals surface area contributed by atoms with Gasteiger partial charge in [0.05, 0.1) is 49.3 Å². The minimum atomic E-state index is -1.77. The zero-order valence-electron chi connectivity index (χ0n) is 31.7. The molecule has 17 heteroatoms. The highest BCUT2D eigenvalue weighted by Crippen LogP contribution is 2.54. The lowest BCUT2D eigenvalue weighted by atomic mass is 9.66. The highest BCUT2D eigenvalue weighted by Gasteiger charge is 2.47. The van der Waals surface area contributed by atoms with Crippen molar-refractivity contribution in [2.24, 2.45) is 11.8 Å². The van der Waals surface area contributed by atoms with Crippen molar-refractivity contribution in [2.75, 3.05) is 62.5 Å². The van der Waals surface area contributed by atoms with Gasteiger partial charge in [-0.05, 0) is 71.4 Å². The largest absolute Gasteiger partial charge is 0.502 e. The normalized spacial score (nSPS) is 24.6. The number of hydrogen-bond donors (Lipinski definition) is 7. The molecule has 1 aliphatic carbocycles. The van der Waals surface area contributed by atoms with E-state index in [1.54, 1.807) is 18.2 Å². The summed E-state index contributed by atoms with van der Waals surface area (Å²) in [5.74, 6) is -2.81. The summed E-state index contributed by atoms with van der Waals surface area (Å²) in [5.41, 5.74) is 2.18. The Bertz CT molecular complexity index is 1830. The second-order valence-electron chi connectivity index (χ2n) is 13.2. The Balaban J connectivity index is 1.41. The SMILES string of the molecule is COc1cc(/C=C/C(=O)OC[C@H]2O[C@@H](OC[C@H]3[C@H](CO)Cc4cc(OC)c(O)c(OC)c4[C@@H]3c3cc(OC)c(O)c(OC)c3)[C@H](O)[C@@H](O)[C@@H]2O)cc(OC)c1O. The molecule has 2 aliphatic rings. The monoisotopic (exact) mass is 788 g/mol. The summed E-state index contributed by atoms with van der Waals surface area (Å²) in [6.45, 7) is -1.09. The number of methoxy groups -OCH3 is 6. The molecule has 3 aromatic rings. The molecule has 0 radical (unpaired) electrons. The lowest BCUT2D eigenvalue weighted by Gasteiger charge is -2.43. The number of rotatable bonds is 15. The first kappa shape index (κ1) is 42.0. The molecule has 0 aromatic heterocycles. The molecule has 0 unspecified atom stereocenters. The fourth-order valence-corrected chi connectivity index (χ4v) is 7.21. The van der Waals surface area contributed by atoms with Gasteiger partial charge in [-0.25, -0.2) is 4.79 Å². The summed E-state index contributed by atoms with van der Waals surface area (Å²) in [6.07, 6.45) is -5.31. The molecular formula is C39H48O17. The fraction of sp³-hybridized carbons (Fsp3) is 0.462. The van der Waals surface area contributed by atoms with Crippen LogP contribution in [0.4, 0.5) is 0 Å². The predicted octanol–water partition coefficient (Wildman–Crippen LogP) is 1.85. The number of fused-ring (bicyclic) bond motifs is 1. The van der Waals surface area contributed by atoms with Gasteiger partial charge in [0.2, 0.25) is 17.2 Å². The molecule has 0 bridgehead atoms. The van der Waals surface area contributed by atoms with E-state index in [0.717, 1.165) is 6.08 Å². The van der Waals surface area contributed by atoms with Crippen LogP contribution in [-0.2, 0) is 25.4 Å². The van der Waals surface area contributed by atoms with E-state index in [1.165, 1.54) is 60.9 Å². The topological polar surface area (TPSA) is 242 Å². The minimum Gasteiger partial charge on any atom is -0.502 e. The van der Waals surface area contributed by atoms with Crippen molar-refractivity contribution in [1.82, 2.24) is 0 Å². The molecule has 1 heterocycles. The molecule has 3 aromatic carbocycles. The molecule has 5 rings (SSSR count). The van der Waals surface area contributed by atoms with Gasteiger partial charge in [0.15, 0.2) is 40.8 Å². The number of phenolic OH excluding ortho intramolecular Hbond substituents is 3. The van der Waals surface area contributed by atoms with Crippen LogP contribution in [-0.4, -0.2) is 135 Å². The molecular weight excluding hydrogens is 740 g/mol. The maximum atomic E-state index is 12.7. The molecule has 0 amide bonds. The highest BCUT2D eigenvalue weighted by molar-refractivity contribution is 5.87. The first-order valence-corrected chi connectivity index (χ1v) is 17.5. The van der Waals surface area contributed by atoms with Crippen LogP contribution in [0.3, 0.4) is 0 Å². The van der Waals surface area contributed by atoms with E-state index in [1.807, 2.05) is 0 Å². The van der Waals surface area contributed by atoms with Crippen LogP contribution in [0.5, 0.6) is 51.7 Å². The number of ether oxygens (including phenoxy) is 9. The second kappa shape index (κ2) is 18.2. The van der Waals surface area contributed by atoms with E-state index in [2.05, 4.69) is 0 Å². The summed E-state index contributed by atoms with van der Waals surface area (Å²) in [5, 5.41) is 75.3. The van der Waals surface area contributed by atoms with E-state index < -0.39 is 61.0 Å². The van der Waals surface area contributed by atoms with Crippen LogP contribution in [0.25, 0.3) is 6.08 Å². The summed E-state index contributed by atoms with van der Waals surface area (Å²) < 4.78 is 49.6. The van der Waals surface area contributed by atoms with Crippen molar-refractivity contribution in [3.8, 4) is 51.7 Å². The van der Waals surface area contributed by atoms with Crippen molar-refractivity contribution in [3.63, 3.8) is 0 Å². The van der Waals surface area contributed by atoms with Gasteiger partial charge in [0, 0.05) is 24.2 Å². The van der Waals surface area contributed by atoms with Gasteiger partial charge in [0.1, 0.15) is 31.0 Å². The van der Waals surface area contributed by atoms with Gasteiger partial charge in [-0.3, -0.25) is 0 Å². The molecule has 306 valence electrons. The van der Waals surface area contributed by atoms with E-state index in [4.69, 9.17) is 42.6 Å². The maximum Gasteiger partial charge on any atom is 0.330 e. The molecule has 1 saturated heterocycles. The Morgan fingerprint density at radius 3 is 1.82 bits per heavy atom. The molecule has 7 N–H and O–H groups in total. The van der Waals surface area contributed by atoms with Crippen LogP contribution >= 0.6 is 0 Å². The Morgan fingerprint density at radius 1 is 0.732 bits per heavy atom. The number of aliphatic hydroxyl groups excluding tert-OH is 4. The number of aliphatic hydroxyl groups is 4. The lowest BCUT2D eigenvalue weighted by Crippen LogP contribution is -2.59. The Kier molecular flexibility index (Phi) is 13.6. The first-order valence-electron chi connectivity index (χ1n) is 17.5. The van der Waals surface area contributed by atoms with Gasteiger partial charge in [-0.2, -0.15) is 0 Å². The number of phenols is 3. The number of carbonyl (C=O) groups is 1. The minimum absolute atomic E-state index is 0.0845. The summed E-state index contributed by atoms with van der Waals surface area (Å²) in [6, 6.07) is 7.76. The van der Waals surface area contributed by atoms with Gasteiger partial charge >= 0.3 is 5.97 Å². The number of benzene rings is 3. The van der Waals surface area contributed by atoms with E-state index in [9.17, 15) is 40.5 Å². The van der Waals surface area contributed by atoms with Crippen LogP contribution in [0.1, 0.15) is 28.2 Å². The smallest absolute Gasteiger partial charge is 0.330 e. The fourth-order valence-electron chi connectivity index (χ4n) is 7.21. The molecule has 56 heavy (non-hydrogen) atoms. The zero-order chi connectivity index (χ0) is 40.8. The van der Waals surface area contributed by atoms with Crippen molar-refractivity contribution in [2.45, 2.75) is 43.0 Å². The lowest BCUT2D eigenvalue weighted by molar-refractivity contribution is -0.304. The van der Waals surface area contributed by atoms with Gasteiger partial charge in [0.25, 0.3) is 0 Å². The third kappa shape index (κ3) is 8.33. The predicted molar refractivity (Wildman–Crippen MR) is 196 cm³/mol. The maximum absolute atomic E-state index is 12.7. The Hall–Kier alpha value is -5.17. The molecule has 0 saturated carbocycles. The first-order chi connectivity index (χ1) is 26.8. The number of esters is 1. The summed E-state index contributed by atoms with van der Waals surface area (Å²) >= 11 is 0. The number of aromatic hydroxyl groups is 3. The summed E-state index contributed by atoms with van der Waals surface area (Å²) in [4.78, 5) is 12.7. The second-order valence-corrected chi connectivity index (χ2v) is 13.2. The molecule has 8 atom stereocenters. The molecule has 1 fully saturated rings. The van der Waals surface area contributed by atoms with E-state index in [-0.39, 0.29) is 71.4 Å². The number of hydrogen-bond acceptors (Lipinski definition) is 17. The van der Waals surface area contributed by atoms with Crippen molar-refractivity contribution < 1.29 is 83.2 Å². The zero-order valence-corrected chi connectivity index (χ0v) is 31.7. The van der Waals surface area contributed by atoms with Crippen molar-refractivity contribution in [1.29, 1.82) is 0 Å². The van der Waals surface area contributed by atoms with Crippen LogP contribution in [0, 0.1) is 11.8 Å². The van der Waals surface area contributed by atoms with E-state index >= 15 is 0 Å². The number of carbonyl (C=O) groups excluding carboxylic acids is 1. The van der Waals surface area contributed by atoms with E-state index in [0.29, 0.717) is 22.3 Å². The van der Waals surface area contributed by atoms with Crippen LogP contribution in [0.2, 0.25) is 0 Å². The van der Waals surface area contributed by atoms with Gasteiger partial charge < -0.3 is 78.4 Å².